The highest BCUT2D eigenvalue weighted by Gasteiger charge is 2.40. The number of fused-ring (bicyclic) bond motifs is 1. The van der Waals surface area contributed by atoms with E-state index in [-0.39, 0.29) is 18.4 Å². The van der Waals surface area contributed by atoms with Crippen LogP contribution in [0.4, 0.5) is 5.82 Å². The van der Waals surface area contributed by atoms with Crippen LogP contribution in [0.5, 0.6) is 0 Å². The number of rotatable bonds is 9. The normalized spacial score (nSPS) is 17.9. The zero-order valence-corrected chi connectivity index (χ0v) is 19.8. The summed E-state index contributed by atoms with van der Waals surface area (Å²) >= 11 is 0. The van der Waals surface area contributed by atoms with Crippen LogP contribution >= 0.6 is 0 Å². The van der Waals surface area contributed by atoms with Gasteiger partial charge in [-0.25, -0.2) is 14.8 Å². The maximum Gasteiger partial charge on any atom is 0.336 e. The number of Topliss-reactive ketones (excluding diaryl/α,β-unsaturated/α-hetero) is 1. The molecular formula is C22H28N6O8. The first-order valence-electron chi connectivity index (χ1n) is 10.9. The van der Waals surface area contributed by atoms with Crippen molar-refractivity contribution in [1.82, 2.24) is 19.4 Å². The number of carboxylic acid groups (broad SMARTS) is 3. The van der Waals surface area contributed by atoms with Gasteiger partial charge in [0.15, 0.2) is 5.60 Å². The lowest BCUT2D eigenvalue weighted by Crippen LogP contribution is -2.48. The third-order valence-electron chi connectivity index (χ3n) is 5.77. The lowest BCUT2D eigenvalue weighted by molar-refractivity contribution is -0.170. The summed E-state index contributed by atoms with van der Waals surface area (Å²) in [5, 5.41) is 46.0. The van der Waals surface area contributed by atoms with E-state index in [0.717, 1.165) is 36.7 Å². The number of nitrogens with one attached hydrogen (secondary N) is 1. The van der Waals surface area contributed by atoms with E-state index in [2.05, 4.69) is 22.2 Å². The first-order chi connectivity index (χ1) is 16.9. The van der Waals surface area contributed by atoms with Gasteiger partial charge in [0, 0.05) is 25.8 Å². The summed E-state index contributed by atoms with van der Waals surface area (Å²) in [5.74, 6) is -3.22. The maximum atomic E-state index is 11.4. The molecule has 1 fully saturated rings. The van der Waals surface area contributed by atoms with Gasteiger partial charge in [-0.15, -0.1) is 0 Å². The molecule has 0 radical (unpaired) electrons. The molecule has 0 unspecified atom stereocenters. The quantitative estimate of drug-likeness (QED) is 0.282. The molecule has 0 bridgehead atoms. The van der Waals surface area contributed by atoms with Crippen LogP contribution < -0.4 is 5.32 Å². The lowest BCUT2D eigenvalue weighted by Gasteiger charge is -2.37. The molecule has 194 valence electrons. The van der Waals surface area contributed by atoms with E-state index in [9.17, 15) is 19.2 Å². The lowest BCUT2D eigenvalue weighted by atomic mass is 9.93. The maximum absolute atomic E-state index is 11.4. The highest BCUT2D eigenvalue weighted by molar-refractivity contribution is 5.94. The second-order valence-electron chi connectivity index (χ2n) is 8.65. The molecule has 0 aromatic carbocycles. The summed E-state index contributed by atoms with van der Waals surface area (Å²) < 4.78 is 1.89. The monoisotopic (exact) mass is 504 g/mol. The van der Waals surface area contributed by atoms with Crippen LogP contribution in [0.15, 0.2) is 18.6 Å². The smallest absolute Gasteiger partial charge is 0.336 e. The van der Waals surface area contributed by atoms with Crippen molar-refractivity contribution in [3.8, 4) is 17.5 Å². The summed E-state index contributed by atoms with van der Waals surface area (Å²) in [6, 6.07) is 3.83. The van der Waals surface area contributed by atoms with Crippen LogP contribution in [0.1, 0.15) is 26.2 Å². The van der Waals surface area contributed by atoms with E-state index in [4.69, 9.17) is 25.7 Å². The van der Waals surface area contributed by atoms with Crippen molar-refractivity contribution < 1.29 is 39.6 Å². The molecule has 0 aromatic rings. The highest BCUT2D eigenvalue weighted by Crippen LogP contribution is 2.29. The third kappa shape index (κ3) is 7.45. The molecular weight excluding hydrogens is 476 g/mol. The number of hydrogen-bond acceptors (Lipinski definition) is 10. The fraction of sp³-hybridized carbons (Fsp3) is 0.500. The van der Waals surface area contributed by atoms with Gasteiger partial charge >= 0.3 is 17.9 Å². The molecule has 3 rings (SSSR count). The predicted octanol–water partition coefficient (Wildman–Crippen LogP) is -0.114. The number of piperidine rings is 1. The number of anilines is 1. The molecule has 0 aliphatic carbocycles. The van der Waals surface area contributed by atoms with Gasteiger partial charge in [-0.2, -0.15) is 5.26 Å². The number of ketones is 1. The Balaban J connectivity index is 0.000000302. The second-order valence-corrected chi connectivity index (χ2v) is 8.65. The number of nitriles is 1. The summed E-state index contributed by atoms with van der Waals surface area (Å²) in [5.41, 5.74) is -1.75. The number of aliphatic carboxylic acids is 3. The Labute approximate surface area is 206 Å². The average molecular weight is 505 g/mol. The zero-order valence-electron chi connectivity index (χ0n) is 19.8. The van der Waals surface area contributed by atoms with Gasteiger partial charge in [0.2, 0.25) is 5.78 Å². The number of aryl methyl sites for hydroxylation is 1. The van der Waals surface area contributed by atoms with E-state index in [1.54, 1.807) is 18.6 Å². The molecule has 0 aromatic heterocycles. The third-order valence-corrected chi connectivity index (χ3v) is 5.77. The minimum atomic E-state index is -2.74. The first kappa shape index (κ1) is 28.1. The van der Waals surface area contributed by atoms with Gasteiger partial charge in [0.05, 0.1) is 31.3 Å². The summed E-state index contributed by atoms with van der Waals surface area (Å²) in [6.45, 7) is 3.97. The Morgan fingerprint density at radius 3 is 2.39 bits per heavy atom. The van der Waals surface area contributed by atoms with Gasteiger partial charge in [0.1, 0.15) is 17.7 Å². The fourth-order valence-corrected chi connectivity index (χ4v) is 3.77. The van der Waals surface area contributed by atoms with E-state index in [1.165, 1.54) is 0 Å². The SMILES string of the molecule is C[C@@H]1CCN(CC(=O)C#N)C[C@@H]1Nc1ncn(C)c2nccc1-2.O=C(O)CC(O)(CC(=O)O)C(=O)O. The molecule has 5 N–H and O–H groups in total. The van der Waals surface area contributed by atoms with Crippen LogP contribution in [0.2, 0.25) is 0 Å². The van der Waals surface area contributed by atoms with Crippen LogP contribution in [0.25, 0.3) is 11.4 Å². The molecule has 1 saturated heterocycles. The van der Waals surface area contributed by atoms with E-state index >= 15 is 0 Å². The van der Waals surface area contributed by atoms with E-state index < -0.39 is 36.4 Å². The molecule has 3 aliphatic heterocycles. The Kier molecular flexibility index (Phi) is 9.42. The molecule has 0 amide bonds. The molecule has 0 saturated carbocycles. The number of carboxylic acids is 3. The topological polar surface area (TPSA) is 219 Å². The van der Waals surface area contributed by atoms with Gasteiger partial charge in [-0.1, -0.05) is 6.92 Å². The van der Waals surface area contributed by atoms with Crippen LogP contribution in [0.3, 0.4) is 0 Å². The standard InChI is InChI=1S/C16H20N6O.C6H8O7/c1-11-4-6-22(8-12(23)7-17)9-14(11)20-15-13-3-5-18-16(13)21(2)10-19-15;7-3(8)1-6(13,5(11)12)2-4(9)10/h3,5,10-11,14,20H,4,6,8-9H2,1-2H3;13H,1-2H2,(H,7,8)(H,9,10)(H,11,12)/t11-,14+;/m1./s1. The highest BCUT2D eigenvalue weighted by atomic mass is 16.4. The van der Waals surface area contributed by atoms with Gasteiger partial charge in [-0.3, -0.25) is 19.3 Å². The van der Waals surface area contributed by atoms with Crippen molar-refractivity contribution in [2.24, 2.45) is 13.0 Å². The minimum absolute atomic E-state index is 0.188. The minimum Gasteiger partial charge on any atom is -0.481 e. The van der Waals surface area contributed by atoms with Crippen molar-refractivity contribution in [3.05, 3.63) is 18.6 Å². The number of aliphatic hydroxyl groups is 1. The molecule has 2 atom stereocenters. The average Bonchev–Trinajstić information content (AvgIpc) is 3.28. The van der Waals surface area contributed by atoms with Gasteiger partial charge < -0.3 is 30.3 Å². The number of likely N-dealkylation sites (tertiary alicyclic amines) is 1. The molecule has 3 heterocycles. The Morgan fingerprint density at radius 2 is 1.83 bits per heavy atom. The number of aromatic nitrogens is 3. The number of carbonyl (C=O) groups excluding carboxylic acids is 1. The second kappa shape index (κ2) is 12.0. The Hall–Kier alpha value is -4.09. The van der Waals surface area contributed by atoms with Crippen LogP contribution in [0, 0.1) is 17.2 Å². The first-order valence-corrected chi connectivity index (χ1v) is 10.9. The number of hydrogen-bond donors (Lipinski definition) is 5. The van der Waals surface area contributed by atoms with Crippen molar-refractivity contribution in [3.63, 3.8) is 0 Å². The van der Waals surface area contributed by atoms with E-state index in [1.807, 2.05) is 22.6 Å². The fourth-order valence-electron chi connectivity index (χ4n) is 3.77. The van der Waals surface area contributed by atoms with Gasteiger partial charge in [-0.05, 0) is 24.9 Å². The number of carbonyl (C=O) groups is 4. The van der Waals surface area contributed by atoms with Crippen molar-refractivity contribution >= 4 is 29.5 Å². The van der Waals surface area contributed by atoms with Crippen LogP contribution in [-0.2, 0) is 26.2 Å². The molecule has 14 nitrogen and oxygen atoms in total. The Bertz CT molecular complexity index is 1110. The molecule has 36 heavy (non-hydrogen) atoms. The summed E-state index contributed by atoms with van der Waals surface area (Å²) in [4.78, 5) is 52.7. The molecule has 0 spiro atoms. The zero-order chi connectivity index (χ0) is 27.0. The summed E-state index contributed by atoms with van der Waals surface area (Å²) in [7, 11) is 1.92. The largest absolute Gasteiger partial charge is 0.481 e. The predicted molar refractivity (Wildman–Crippen MR) is 123 cm³/mol. The van der Waals surface area contributed by atoms with Gasteiger partial charge in [0.25, 0.3) is 0 Å². The van der Waals surface area contributed by atoms with Crippen molar-refractivity contribution in [2.45, 2.75) is 37.8 Å². The Morgan fingerprint density at radius 1 is 1.19 bits per heavy atom. The van der Waals surface area contributed by atoms with Crippen LogP contribution in [-0.4, -0.2) is 94.8 Å². The summed E-state index contributed by atoms with van der Waals surface area (Å²) in [6.07, 6.45) is 2.23. The molecule has 3 aliphatic rings. The number of nitrogens with zero attached hydrogens (tertiary/aromatic N) is 5. The van der Waals surface area contributed by atoms with E-state index in [0.29, 0.717) is 5.92 Å². The van der Waals surface area contributed by atoms with Crippen molar-refractivity contribution in [2.75, 3.05) is 25.0 Å². The molecule has 14 heteroatoms. The van der Waals surface area contributed by atoms with Crippen molar-refractivity contribution in [1.29, 1.82) is 5.26 Å².